The van der Waals surface area contributed by atoms with Crippen LogP contribution < -0.4 is 16.6 Å². The summed E-state index contributed by atoms with van der Waals surface area (Å²) in [5.74, 6) is 5.43. The first kappa shape index (κ1) is 14.4. The third kappa shape index (κ3) is 2.49. The zero-order valence-corrected chi connectivity index (χ0v) is 11.6. The fraction of sp³-hybridized carbons (Fsp3) is 0.636. The average molecular weight is 281 g/mol. The van der Waals surface area contributed by atoms with Crippen LogP contribution >= 0.6 is 0 Å². The Morgan fingerprint density at radius 2 is 2.10 bits per heavy atom. The first-order valence-electron chi connectivity index (χ1n) is 6.37. The number of likely N-dealkylation sites (N-methyl/N-ethyl adjacent to an activating group) is 1. The quantitative estimate of drug-likeness (QED) is 0.393. The molecule has 20 heavy (non-hydrogen) atoms. The number of aromatic nitrogens is 2. The van der Waals surface area contributed by atoms with Gasteiger partial charge in [0.2, 0.25) is 11.6 Å². The minimum atomic E-state index is -0.541. The molecule has 0 spiro atoms. The molecule has 0 aliphatic heterocycles. The monoisotopic (exact) mass is 281 g/mol. The highest BCUT2D eigenvalue weighted by molar-refractivity contribution is 5.68. The molecule has 0 saturated heterocycles. The van der Waals surface area contributed by atoms with Crippen molar-refractivity contribution in [3.05, 3.63) is 16.4 Å². The first-order chi connectivity index (χ1) is 9.50. The maximum Gasteiger partial charge on any atom is 0.354 e. The predicted octanol–water partition coefficient (Wildman–Crippen LogP) is 0.567. The summed E-state index contributed by atoms with van der Waals surface area (Å²) in [5.41, 5.74) is 2.03. The Kier molecular flexibility index (Phi) is 4.00. The highest BCUT2D eigenvalue weighted by atomic mass is 16.6. The molecule has 1 aromatic rings. The van der Waals surface area contributed by atoms with Crippen molar-refractivity contribution in [2.24, 2.45) is 5.84 Å². The van der Waals surface area contributed by atoms with Gasteiger partial charge in [0.1, 0.15) is 6.33 Å². The van der Waals surface area contributed by atoms with E-state index in [0.717, 1.165) is 12.8 Å². The molecule has 9 nitrogen and oxygen atoms in total. The van der Waals surface area contributed by atoms with Crippen molar-refractivity contribution in [1.29, 1.82) is 0 Å². The van der Waals surface area contributed by atoms with Gasteiger partial charge in [-0.15, -0.1) is 0 Å². The molecule has 1 aromatic heterocycles. The van der Waals surface area contributed by atoms with Crippen LogP contribution in [0.3, 0.4) is 0 Å². The SMILES string of the molecule is CN(C)C1(CNc2ncnc(NN)c2[N+](=O)[O-])CCC1. The van der Waals surface area contributed by atoms with Gasteiger partial charge in [0.05, 0.1) is 4.92 Å². The van der Waals surface area contributed by atoms with Crippen molar-refractivity contribution in [2.45, 2.75) is 24.8 Å². The van der Waals surface area contributed by atoms with Crippen molar-refractivity contribution in [1.82, 2.24) is 14.9 Å². The highest BCUT2D eigenvalue weighted by Gasteiger charge is 2.39. The topological polar surface area (TPSA) is 122 Å². The lowest BCUT2D eigenvalue weighted by Gasteiger charge is -2.47. The number of hydrogen-bond donors (Lipinski definition) is 3. The zero-order chi connectivity index (χ0) is 14.8. The van der Waals surface area contributed by atoms with Gasteiger partial charge in [0.15, 0.2) is 0 Å². The molecule has 0 atom stereocenters. The van der Waals surface area contributed by atoms with Crippen LogP contribution in [0.25, 0.3) is 0 Å². The summed E-state index contributed by atoms with van der Waals surface area (Å²) >= 11 is 0. The third-order valence-corrected chi connectivity index (χ3v) is 3.96. The van der Waals surface area contributed by atoms with Gasteiger partial charge in [-0.3, -0.25) is 10.1 Å². The van der Waals surface area contributed by atoms with Gasteiger partial charge in [-0.05, 0) is 33.4 Å². The predicted molar refractivity (Wildman–Crippen MR) is 75.3 cm³/mol. The van der Waals surface area contributed by atoms with Crippen LogP contribution in [-0.4, -0.2) is 46.0 Å². The molecule has 0 bridgehead atoms. The van der Waals surface area contributed by atoms with Crippen molar-refractivity contribution >= 4 is 17.3 Å². The number of nitro groups is 1. The number of nitrogens with one attached hydrogen (secondary N) is 2. The number of rotatable bonds is 6. The van der Waals surface area contributed by atoms with Crippen molar-refractivity contribution in [3.8, 4) is 0 Å². The molecule has 1 fully saturated rings. The second-order valence-corrected chi connectivity index (χ2v) is 5.15. The minimum Gasteiger partial charge on any atom is -0.362 e. The maximum atomic E-state index is 11.1. The molecular weight excluding hydrogens is 262 g/mol. The van der Waals surface area contributed by atoms with Gasteiger partial charge >= 0.3 is 5.69 Å². The molecule has 1 aliphatic rings. The molecule has 1 heterocycles. The molecule has 1 aliphatic carbocycles. The molecule has 0 radical (unpaired) electrons. The molecule has 110 valence electrons. The van der Waals surface area contributed by atoms with Gasteiger partial charge in [-0.1, -0.05) is 0 Å². The van der Waals surface area contributed by atoms with Gasteiger partial charge < -0.3 is 15.6 Å². The summed E-state index contributed by atoms with van der Waals surface area (Å²) in [7, 11) is 4.03. The Hall–Kier alpha value is -2.00. The molecule has 2 rings (SSSR count). The van der Waals surface area contributed by atoms with E-state index in [9.17, 15) is 10.1 Å². The van der Waals surface area contributed by atoms with Crippen LogP contribution in [0, 0.1) is 10.1 Å². The van der Waals surface area contributed by atoms with E-state index >= 15 is 0 Å². The fourth-order valence-electron chi connectivity index (χ4n) is 2.40. The molecule has 0 aromatic carbocycles. The van der Waals surface area contributed by atoms with Gasteiger partial charge in [0.25, 0.3) is 0 Å². The molecule has 0 unspecified atom stereocenters. The van der Waals surface area contributed by atoms with E-state index in [2.05, 4.69) is 25.6 Å². The van der Waals surface area contributed by atoms with Crippen LogP contribution in [0.2, 0.25) is 0 Å². The van der Waals surface area contributed by atoms with Crippen molar-refractivity contribution in [2.75, 3.05) is 31.4 Å². The van der Waals surface area contributed by atoms with E-state index in [4.69, 9.17) is 5.84 Å². The lowest BCUT2D eigenvalue weighted by Crippen LogP contribution is -2.54. The van der Waals surface area contributed by atoms with Crippen molar-refractivity contribution in [3.63, 3.8) is 0 Å². The summed E-state index contributed by atoms with van der Waals surface area (Å²) < 4.78 is 0. The first-order valence-corrected chi connectivity index (χ1v) is 6.37. The third-order valence-electron chi connectivity index (χ3n) is 3.96. The summed E-state index contributed by atoms with van der Waals surface area (Å²) in [6, 6.07) is 0. The average Bonchev–Trinajstić information content (AvgIpc) is 2.36. The summed E-state index contributed by atoms with van der Waals surface area (Å²) in [4.78, 5) is 20.4. The minimum absolute atomic E-state index is 0.0000116. The van der Waals surface area contributed by atoms with Crippen LogP contribution in [0.1, 0.15) is 19.3 Å². The van der Waals surface area contributed by atoms with E-state index in [-0.39, 0.29) is 22.9 Å². The van der Waals surface area contributed by atoms with E-state index in [1.807, 2.05) is 14.1 Å². The number of hydrazine groups is 1. The van der Waals surface area contributed by atoms with Crippen LogP contribution in [-0.2, 0) is 0 Å². The number of hydrogen-bond acceptors (Lipinski definition) is 8. The Labute approximate surface area is 116 Å². The Bertz CT molecular complexity index is 502. The Balaban J connectivity index is 2.19. The normalized spacial score (nSPS) is 16.6. The largest absolute Gasteiger partial charge is 0.362 e. The Morgan fingerprint density at radius 1 is 1.45 bits per heavy atom. The van der Waals surface area contributed by atoms with Crippen LogP contribution in [0.5, 0.6) is 0 Å². The van der Waals surface area contributed by atoms with Gasteiger partial charge in [-0.25, -0.2) is 15.8 Å². The lowest BCUT2D eigenvalue weighted by molar-refractivity contribution is -0.383. The highest BCUT2D eigenvalue weighted by Crippen LogP contribution is 2.37. The van der Waals surface area contributed by atoms with E-state index in [0.29, 0.717) is 6.54 Å². The lowest BCUT2D eigenvalue weighted by atomic mass is 9.75. The number of nitrogen functional groups attached to an aromatic ring is 1. The fourth-order valence-corrected chi connectivity index (χ4v) is 2.40. The Morgan fingerprint density at radius 3 is 2.55 bits per heavy atom. The number of nitrogens with zero attached hydrogens (tertiary/aromatic N) is 4. The molecule has 4 N–H and O–H groups in total. The second kappa shape index (κ2) is 5.55. The van der Waals surface area contributed by atoms with E-state index in [1.54, 1.807) is 0 Å². The molecule has 0 amide bonds. The van der Waals surface area contributed by atoms with Crippen LogP contribution in [0.15, 0.2) is 6.33 Å². The molecular formula is C11H19N7O2. The summed E-state index contributed by atoms with van der Waals surface area (Å²) in [6.07, 6.45) is 4.54. The van der Waals surface area contributed by atoms with Crippen LogP contribution in [0.4, 0.5) is 17.3 Å². The summed E-state index contributed by atoms with van der Waals surface area (Å²) in [6.45, 7) is 0.599. The molecule has 9 heteroatoms. The maximum absolute atomic E-state index is 11.1. The van der Waals surface area contributed by atoms with Crippen molar-refractivity contribution < 1.29 is 4.92 Å². The zero-order valence-electron chi connectivity index (χ0n) is 11.6. The molecule has 1 saturated carbocycles. The number of anilines is 2. The standard InChI is InChI=1S/C11H19N7O2/c1-17(2)11(4-3-5-11)6-13-9-8(18(19)20)10(16-12)15-7-14-9/h7H,3-6,12H2,1-2H3,(H2,13,14,15,16). The smallest absolute Gasteiger partial charge is 0.354 e. The van der Waals surface area contributed by atoms with E-state index in [1.165, 1.54) is 12.7 Å². The van der Waals surface area contributed by atoms with Gasteiger partial charge in [-0.2, -0.15) is 0 Å². The summed E-state index contributed by atoms with van der Waals surface area (Å²) in [5, 5.41) is 14.2. The second-order valence-electron chi connectivity index (χ2n) is 5.15. The van der Waals surface area contributed by atoms with Gasteiger partial charge in [0, 0.05) is 12.1 Å². The number of nitrogens with two attached hydrogens (primary N) is 1. The van der Waals surface area contributed by atoms with E-state index < -0.39 is 4.92 Å².